The molecule has 0 bridgehead atoms. The zero-order valence-electron chi connectivity index (χ0n) is 17.2. The molecule has 0 amide bonds. The standard InChI is InChI=1S/C22H21ClF3NO5/c1-3-30-11-16-12-31-21(2,27-16)17-10-15(23)7-8-18(17)32-19(20(28)29)13-5-4-6-14(9-13)22(24,25)26/h4-10,12,19,27H,3,11H2,1-2H3,(H,28,29). The van der Waals surface area contributed by atoms with Gasteiger partial charge in [0.15, 0.2) is 0 Å². The zero-order valence-corrected chi connectivity index (χ0v) is 18.0. The monoisotopic (exact) mass is 471 g/mol. The van der Waals surface area contributed by atoms with Gasteiger partial charge in [0.2, 0.25) is 11.8 Å². The maximum absolute atomic E-state index is 13.1. The molecule has 1 heterocycles. The van der Waals surface area contributed by atoms with Crippen LogP contribution in [0.4, 0.5) is 13.2 Å². The SMILES string of the molecule is CCOCC1=COC(C)(c2cc(Cl)ccc2OC(C(=O)O)c2cccc(C(F)(F)F)c2)N1. The largest absolute Gasteiger partial charge is 0.478 e. The van der Waals surface area contributed by atoms with E-state index >= 15 is 0 Å². The van der Waals surface area contributed by atoms with Crippen molar-refractivity contribution in [1.29, 1.82) is 0 Å². The highest BCUT2D eigenvalue weighted by Crippen LogP contribution is 2.39. The molecule has 2 aromatic carbocycles. The Morgan fingerprint density at radius 1 is 1.28 bits per heavy atom. The highest BCUT2D eigenvalue weighted by atomic mass is 35.5. The summed E-state index contributed by atoms with van der Waals surface area (Å²) >= 11 is 6.14. The molecule has 32 heavy (non-hydrogen) atoms. The molecular formula is C22H21ClF3NO5. The molecular weight excluding hydrogens is 451 g/mol. The van der Waals surface area contributed by atoms with Crippen molar-refractivity contribution in [3.63, 3.8) is 0 Å². The number of hydrogen-bond donors (Lipinski definition) is 2. The van der Waals surface area contributed by atoms with Crippen LogP contribution in [-0.4, -0.2) is 24.3 Å². The molecule has 2 atom stereocenters. The fourth-order valence-electron chi connectivity index (χ4n) is 3.21. The van der Waals surface area contributed by atoms with E-state index in [9.17, 15) is 23.1 Å². The molecule has 3 rings (SSSR count). The number of rotatable bonds is 8. The number of hydrogen-bond acceptors (Lipinski definition) is 5. The quantitative estimate of drug-likeness (QED) is 0.548. The van der Waals surface area contributed by atoms with E-state index in [4.69, 9.17) is 25.8 Å². The molecule has 172 valence electrons. The summed E-state index contributed by atoms with van der Waals surface area (Å²) in [5.41, 5.74) is -1.28. The highest BCUT2D eigenvalue weighted by molar-refractivity contribution is 6.30. The van der Waals surface area contributed by atoms with Crippen LogP contribution >= 0.6 is 11.6 Å². The molecule has 0 aromatic heterocycles. The van der Waals surface area contributed by atoms with Gasteiger partial charge in [-0.15, -0.1) is 0 Å². The number of alkyl halides is 3. The maximum Gasteiger partial charge on any atom is 0.416 e. The summed E-state index contributed by atoms with van der Waals surface area (Å²) in [5, 5.41) is 13.2. The third-order valence-corrected chi connectivity index (χ3v) is 4.97. The molecule has 2 unspecified atom stereocenters. The second kappa shape index (κ2) is 9.30. The number of carboxylic acid groups (broad SMARTS) is 1. The van der Waals surface area contributed by atoms with Crippen LogP contribution in [0, 0.1) is 0 Å². The Labute approximate surface area is 187 Å². The van der Waals surface area contributed by atoms with E-state index in [1.165, 1.54) is 30.5 Å². The molecule has 0 saturated carbocycles. The minimum absolute atomic E-state index is 0.0836. The number of carbonyl (C=O) groups is 1. The van der Waals surface area contributed by atoms with Crippen LogP contribution in [0.3, 0.4) is 0 Å². The number of aliphatic carboxylic acids is 1. The van der Waals surface area contributed by atoms with Crippen LogP contribution in [0.15, 0.2) is 54.4 Å². The van der Waals surface area contributed by atoms with Gasteiger partial charge < -0.3 is 24.6 Å². The van der Waals surface area contributed by atoms with Gasteiger partial charge in [0.05, 0.1) is 23.4 Å². The van der Waals surface area contributed by atoms with E-state index in [-0.39, 0.29) is 17.9 Å². The number of nitrogens with one attached hydrogen (secondary N) is 1. The molecule has 1 aliphatic rings. The second-order valence-electron chi connectivity index (χ2n) is 7.16. The summed E-state index contributed by atoms with van der Waals surface area (Å²) in [7, 11) is 0. The van der Waals surface area contributed by atoms with E-state index in [0.717, 1.165) is 18.2 Å². The van der Waals surface area contributed by atoms with E-state index < -0.39 is 29.5 Å². The molecule has 1 aliphatic heterocycles. The predicted molar refractivity (Wildman–Crippen MR) is 110 cm³/mol. The molecule has 6 nitrogen and oxygen atoms in total. The topological polar surface area (TPSA) is 77.0 Å². The van der Waals surface area contributed by atoms with Crippen LogP contribution in [0.25, 0.3) is 0 Å². The van der Waals surface area contributed by atoms with Gasteiger partial charge in [-0.2, -0.15) is 13.2 Å². The summed E-state index contributed by atoms with van der Waals surface area (Å²) in [6, 6.07) is 8.47. The lowest BCUT2D eigenvalue weighted by atomic mass is 10.0. The van der Waals surface area contributed by atoms with Crippen molar-refractivity contribution in [2.45, 2.75) is 31.9 Å². The van der Waals surface area contributed by atoms with Crippen molar-refractivity contribution in [2.24, 2.45) is 0 Å². The van der Waals surface area contributed by atoms with Gasteiger partial charge in [-0.05, 0) is 44.2 Å². The first-order chi connectivity index (χ1) is 15.0. The molecule has 0 radical (unpaired) electrons. The summed E-state index contributed by atoms with van der Waals surface area (Å²) in [5.74, 6) is -1.37. The third kappa shape index (κ3) is 5.28. The minimum Gasteiger partial charge on any atom is -0.478 e. The lowest BCUT2D eigenvalue weighted by Gasteiger charge is -2.29. The molecule has 2 N–H and O–H groups in total. The van der Waals surface area contributed by atoms with Gasteiger partial charge in [-0.25, -0.2) is 4.79 Å². The van der Waals surface area contributed by atoms with Crippen molar-refractivity contribution in [3.8, 4) is 5.75 Å². The van der Waals surface area contributed by atoms with Crippen molar-refractivity contribution >= 4 is 17.6 Å². The Hall–Kier alpha value is -2.91. The Kier molecular flexibility index (Phi) is 6.90. The Balaban J connectivity index is 1.94. The molecule has 2 aromatic rings. The fourth-order valence-corrected chi connectivity index (χ4v) is 3.38. The molecule has 0 spiro atoms. The van der Waals surface area contributed by atoms with E-state index in [0.29, 0.717) is 22.9 Å². The minimum atomic E-state index is -4.62. The summed E-state index contributed by atoms with van der Waals surface area (Å²) in [6.45, 7) is 4.29. The first kappa shape index (κ1) is 23.7. The third-order valence-electron chi connectivity index (χ3n) is 4.74. The number of carboxylic acids is 1. The Morgan fingerprint density at radius 3 is 2.69 bits per heavy atom. The number of benzene rings is 2. The molecule has 0 aliphatic carbocycles. The van der Waals surface area contributed by atoms with Crippen molar-refractivity contribution in [2.75, 3.05) is 13.2 Å². The average Bonchev–Trinajstić information content (AvgIpc) is 3.12. The average molecular weight is 472 g/mol. The van der Waals surface area contributed by atoms with Crippen molar-refractivity contribution in [3.05, 3.63) is 76.1 Å². The lowest BCUT2D eigenvalue weighted by Crippen LogP contribution is -2.37. The van der Waals surface area contributed by atoms with Gasteiger partial charge in [0.1, 0.15) is 12.0 Å². The Morgan fingerprint density at radius 2 is 2.03 bits per heavy atom. The van der Waals surface area contributed by atoms with E-state index in [2.05, 4.69) is 5.32 Å². The van der Waals surface area contributed by atoms with E-state index in [1.807, 2.05) is 6.92 Å². The van der Waals surface area contributed by atoms with Crippen LogP contribution in [0.5, 0.6) is 5.75 Å². The molecule has 10 heteroatoms. The van der Waals surface area contributed by atoms with Crippen molar-refractivity contribution in [1.82, 2.24) is 5.32 Å². The van der Waals surface area contributed by atoms with Gasteiger partial charge in [0.25, 0.3) is 0 Å². The second-order valence-corrected chi connectivity index (χ2v) is 7.59. The van der Waals surface area contributed by atoms with E-state index in [1.54, 1.807) is 6.92 Å². The predicted octanol–water partition coefficient (Wildman–Crippen LogP) is 5.23. The van der Waals surface area contributed by atoms with Crippen LogP contribution in [0.1, 0.15) is 36.6 Å². The molecule has 0 saturated heterocycles. The smallest absolute Gasteiger partial charge is 0.416 e. The van der Waals surface area contributed by atoms with Gasteiger partial charge >= 0.3 is 12.1 Å². The van der Waals surface area contributed by atoms with Gasteiger partial charge in [-0.1, -0.05) is 23.7 Å². The summed E-state index contributed by atoms with van der Waals surface area (Å²) < 4.78 is 56.1. The Bertz CT molecular complexity index is 1030. The van der Waals surface area contributed by atoms with Crippen LogP contribution in [0.2, 0.25) is 5.02 Å². The summed E-state index contributed by atoms with van der Waals surface area (Å²) in [6.07, 6.45) is -4.84. The van der Waals surface area contributed by atoms with Crippen LogP contribution in [-0.2, 0) is 26.2 Å². The maximum atomic E-state index is 13.1. The van der Waals surface area contributed by atoms with Crippen LogP contribution < -0.4 is 10.1 Å². The van der Waals surface area contributed by atoms with Gasteiger partial charge in [0, 0.05) is 17.2 Å². The normalized spacial score (nSPS) is 19.0. The molecule has 0 fully saturated rings. The zero-order chi connectivity index (χ0) is 23.5. The summed E-state index contributed by atoms with van der Waals surface area (Å²) in [4.78, 5) is 11.9. The lowest BCUT2D eigenvalue weighted by molar-refractivity contribution is -0.146. The number of halogens is 4. The highest BCUT2D eigenvalue weighted by Gasteiger charge is 2.38. The first-order valence-corrected chi connectivity index (χ1v) is 10.0. The van der Waals surface area contributed by atoms with Gasteiger partial charge in [-0.3, -0.25) is 0 Å². The fraction of sp³-hybridized carbons (Fsp3) is 0.318. The van der Waals surface area contributed by atoms with Crippen molar-refractivity contribution < 1.29 is 37.3 Å². The first-order valence-electron chi connectivity index (χ1n) is 9.63. The number of ether oxygens (including phenoxy) is 3.